The average molecular weight is 423 g/mol. The van der Waals surface area contributed by atoms with E-state index < -0.39 is 0 Å². The molecule has 2 aromatic heterocycles. The molecule has 4 nitrogen and oxygen atoms in total. The van der Waals surface area contributed by atoms with Crippen LogP contribution in [0.4, 0.5) is 0 Å². The van der Waals surface area contributed by atoms with Crippen molar-refractivity contribution >= 4 is 22.2 Å². The topological polar surface area (TPSA) is 62.7 Å². The second kappa shape index (κ2) is 7.74. The number of benzene rings is 4. The zero-order valence-corrected chi connectivity index (χ0v) is 17.6. The maximum Gasteiger partial charge on any atom is 0.246 e. The van der Waals surface area contributed by atoms with Crippen molar-refractivity contribution in [3.8, 4) is 39.4 Å². The van der Waals surface area contributed by atoms with Crippen molar-refractivity contribution in [2.45, 2.75) is 0 Å². The van der Waals surface area contributed by atoms with Crippen LogP contribution in [-0.2, 0) is 0 Å². The fourth-order valence-corrected chi connectivity index (χ4v) is 4.12. The van der Waals surface area contributed by atoms with E-state index in [0.717, 1.165) is 49.9 Å². The summed E-state index contributed by atoms with van der Waals surface area (Å²) in [5, 5.41) is 9.94. The van der Waals surface area contributed by atoms with Crippen LogP contribution >= 0.6 is 0 Å². The molecule has 0 bridgehead atoms. The van der Waals surface area contributed by atoms with Crippen molar-refractivity contribution < 1.29 is 4.42 Å². The van der Waals surface area contributed by atoms with Gasteiger partial charge >= 0.3 is 0 Å². The number of rotatable bonds is 3. The molecule has 0 aliphatic carbocycles. The normalized spacial score (nSPS) is 11.0. The van der Waals surface area contributed by atoms with Gasteiger partial charge in [-0.3, -0.25) is 0 Å². The van der Waals surface area contributed by atoms with Gasteiger partial charge in [-0.15, -0.1) is 0 Å². The minimum Gasteiger partial charge on any atom is -0.436 e. The lowest BCUT2D eigenvalue weighted by molar-refractivity contribution is 0.653. The highest BCUT2D eigenvalue weighted by Crippen LogP contribution is 2.32. The molecule has 0 atom stereocenters. The Morgan fingerprint density at radius 2 is 1.06 bits per heavy atom. The first-order valence-corrected chi connectivity index (χ1v) is 10.6. The number of hydrogen-bond acceptors (Lipinski definition) is 4. The van der Waals surface area contributed by atoms with Gasteiger partial charge in [-0.25, -0.2) is 9.97 Å². The molecular formula is C29H17N3O. The van der Waals surface area contributed by atoms with Gasteiger partial charge in [-0.2, -0.15) is 5.26 Å². The third-order valence-electron chi connectivity index (χ3n) is 5.89. The van der Waals surface area contributed by atoms with Crippen molar-refractivity contribution in [2.75, 3.05) is 0 Å². The van der Waals surface area contributed by atoms with Crippen LogP contribution in [0.25, 0.3) is 55.6 Å². The van der Waals surface area contributed by atoms with Crippen molar-refractivity contribution in [3.05, 3.63) is 109 Å². The average Bonchev–Trinajstić information content (AvgIpc) is 3.27. The van der Waals surface area contributed by atoms with Crippen LogP contribution in [0.1, 0.15) is 5.56 Å². The third kappa shape index (κ3) is 3.42. The maximum absolute atomic E-state index is 8.97. The van der Waals surface area contributed by atoms with Gasteiger partial charge in [0.1, 0.15) is 11.1 Å². The van der Waals surface area contributed by atoms with E-state index >= 15 is 0 Å². The lowest BCUT2D eigenvalue weighted by Crippen LogP contribution is -1.83. The molecule has 0 saturated heterocycles. The van der Waals surface area contributed by atoms with Crippen LogP contribution in [0.3, 0.4) is 0 Å². The van der Waals surface area contributed by atoms with Crippen molar-refractivity contribution in [2.24, 2.45) is 0 Å². The predicted octanol–water partition coefficient (Wildman–Crippen LogP) is 7.25. The molecule has 0 saturated carbocycles. The minimum atomic E-state index is 0.560. The zero-order valence-electron chi connectivity index (χ0n) is 17.6. The molecule has 2 heterocycles. The molecule has 0 aliphatic rings. The highest BCUT2D eigenvalue weighted by atomic mass is 16.3. The molecule has 0 aliphatic heterocycles. The van der Waals surface area contributed by atoms with E-state index in [2.05, 4.69) is 76.7 Å². The number of hydrogen-bond donors (Lipinski definition) is 0. The van der Waals surface area contributed by atoms with Gasteiger partial charge in [0.05, 0.1) is 11.6 Å². The fraction of sp³-hybridized carbons (Fsp3) is 0. The number of nitrogens with zero attached hydrogens (tertiary/aromatic N) is 3. The van der Waals surface area contributed by atoms with Crippen LogP contribution in [0, 0.1) is 11.3 Å². The predicted molar refractivity (Wildman–Crippen MR) is 130 cm³/mol. The molecule has 4 aromatic carbocycles. The summed E-state index contributed by atoms with van der Waals surface area (Å²) < 4.78 is 5.79. The Balaban J connectivity index is 1.29. The molecule has 6 aromatic rings. The molecule has 0 spiro atoms. The second-order valence-electron chi connectivity index (χ2n) is 7.87. The summed E-state index contributed by atoms with van der Waals surface area (Å²) >= 11 is 0. The van der Waals surface area contributed by atoms with Crippen LogP contribution in [-0.4, -0.2) is 9.97 Å². The summed E-state index contributed by atoms with van der Waals surface area (Å²) in [6.45, 7) is 0. The molecule has 0 amide bonds. The smallest absolute Gasteiger partial charge is 0.246 e. The Labute approximate surface area is 190 Å². The van der Waals surface area contributed by atoms with Gasteiger partial charge in [0.25, 0.3) is 0 Å². The monoisotopic (exact) mass is 423 g/mol. The number of furan rings is 1. The van der Waals surface area contributed by atoms with E-state index in [4.69, 9.17) is 9.68 Å². The molecular weight excluding hydrogens is 406 g/mol. The first-order chi connectivity index (χ1) is 16.3. The Bertz CT molecular complexity index is 1640. The third-order valence-corrected chi connectivity index (χ3v) is 5.89. The molecule has 0 unspecified atom stereocenters. The van der Waals surface area contributed by atoms with Gasteiger partial charge in [0, 0.05) is 17.8 Å². The van der Waals surface area contributed by atoms with E-state index in [1.807, 2.05) is 30.3 Å². The van der Waals surface area contributed by atoms with Crippen molar-refractivity contribution in [1.29, 1.82) is 5.26 Å². The van der Waals surface area contributed by atoms with Gasteiger partial charge in [0.2, 0.25) is 5.71 Å². The first kappa shape index (κ1) is 19.0. The molecule has 0 N–H and O–H groups in total. The minimum absolute atomic E-state index is 0.560. The highest BCUT2D eigenvalue weighted by molar-refractivity contribution is 6.02. The molecule has 0 radical (unpaired) electrons. The Morgan fingerprint density at radius 3 is 1.64 bits per heavy atom. The maximum atomic E-state index is 8.97. The summed E-state index contributed by atoms with van der Waals surface area (Å²) in [6.07, 6.45) is 3.33. The molecule has 33 heavy (non-hydrogen) atoms. The number of aromatic nitrogens is 2. The lowest BCUT2D eigenvalue weighted by Gasteiger charge is -2.07. The SMILES string of the molecule is N#Cc1ccc(-c2ccc(-c3ccc(-c4ccc5oc6nccnc6c5c4)cc3)cc2)cc1. The van der Waals surface area contributed by atoms with Crippen LogP contribution < -0.4 is 0 Å². The standard InChI is InChI=1S/C29H17N3O/c30-18-19-1-3-20(4-2-19)21-5-7-22(8-6-21)23-9-11-24(12-10-23)25-13-14-27-26(17-25)28-29(33-27)32-16-15-31-28/h1-17H. The summed E-state index contributed by atoms with van der Waals surface area (Å²) in [5.74, 6) is 0. The quantitative estimate of drug-likeness (QED) is 0.301. The first-order valence-electron chi connectivity index (χ1n) is 10.6. The van der Waals surface area contributed by atoms with Gasteiger partial charge < -0.3 is 4.42 Å². The Hall–Kier alpha value is -4.75. The summed E-state index contributed by atoms with van der Waals surface area (Å²) in [4.78, 5) is 8.68. The van der Waals surface area contributed by atoms with Gasteiger partial charge in [0.15, 0.2) is 0 Å². The molecule has 4 heteroatoms. The van der Waals surface area contributed by atoms with Crippen molar-refractivity contribution in [3.63, 3.8) is 0 Å². The van der Waals surface area contributed by atoms with Crippen LogP contribution in [0.15, 0.2) is 108 Å². The molecule has 154 valence electrons. The summed E-state index contributed by atoms with van der Waals surface area (Å²) in [7, 11) is 0. The van der Waals surface area contributed by atoms with E-state index in [1.165, 1.54) is 0 Å². The van der Waals surface area contributed by atoms with E-state index in [0.29, 0.717) is 11.3 Å². The number of nitriles is 1. The Kier molecular flexibility index (Phi) is 4.45. The van der Waals surface area contributed by atoms with E-state index in [9.17, 15) is 0 Å². The fourth-order valence-electron chi connectivity index (χ4n) is 4.12. The molecule has 0 fully saturated rings. The van der Waals surface area contributed by atoms with Crippen LogP contribution in [0.2, 0.25) is 0 Å². The molecule has 6 rings (SSSR count). The van der Waals surface area contributed by atoms with E-state index in [-0.39, 0.29) is 0 Å². The lowest BCUT2D eigenvalue weighted by atomic mass is 9.97. The Morgan fingerprint density at radius 1 is 0.576 bits per heavy atom. The zero-order chi connectivity index (χ0) is 22.2. The summed E-state index contributed by atoms with van der Waals surface area (Å²) in [6, 6.07) is 33.0. The second-order valence-corrected chi connectivity index (χ2v) is 7.87. The summed E-state index contributed by atoms with van der Waals surface area (Å²) in [5.41, 5.74) is 9.59. The van der Waals surface area contributed by atoms with Gasteiger partial charge in [-0.1, -0.05) is 66.7 Å². The highest BCUT2D eigenvalue weighted by Gasteiger charge is 2.10. The van der Waals surface area contributed by atoms with E-state index in [1.54, 1.807) is 12.4 Å². The van der Waals surface area contributed by atoms with Crippen LogP contribution in [0.5, 0.6) is 0 Å². The van der Waals surface area contributed by atoms with Gasteiger partial charge in [-0.05, 0) is 57.6 Å². The van der Waals surface area contributed by atoms with Crippen molar-refractivity contribution in [1.82, 2.24) is 9.97 Å². The largest absolute Gasteiger partial charge is 0.436 e. The number of fused-ring (bicyclic) bond motifs is 3.